The van der Waals surface area contributed by atoms with Crippen molar-refractivity contribution in [1.82, 2.24) is 4.57 Å². The van der Waals surface area contributed by atoms with E-state index in [1.807, 2.05) is 18.2 Å². The van der Waals surface area contributed by atoms with Crippen LogP contribution in [0.2, 0.25) is 0 Å². The largest absolute Gasteiger partial charge is 0.488 e. The van der Waals surface area contributed by atoms with Crippen LogP contribution in [-0.2, 0) is 0 Å². The van der Waals surface area contributed by atoms with Crippen LogP contribution in [0.4, 0.5) is 0 Å². The fourth-order valence-electron chi connectivity index (χ4n) is 3.16. The van der Waals surface area contributed by atoms with Gasteiger partial charge in [-0.2, -0.15) is 0 Å². The van der Waals surface area contributed by atoms with Crippen LogP contribution in [-0.4, -0.2) is 21.7 Å². The van der Waals surface area contributed by atoms with Gasteiger partial charge in [0, 0.05) is 16.5 Å². The first-order valence-electron chi connectivity index (χ1n) is 7.61. The third-order valence-electron chi connectivity index (χ3n) is 4.28. The predicted octanol–water partition coefficient (Wildman–Crippen LogP) is 2.77. The Morgan fingerprint density at radius 3 is 2.22 bits per heavy atom. The van der Waals surface area contributed by atoms with Crippen molar-refractivity contribution in [3.8, 4) is 5.69 Å². The van der Waals surface area contributed by atoms with E-state index in [9.17, 15) is 10.0 Å². The van der Waals surface area contributed by atoms with E-state index in [2.05, 4.69) is 47.9 Å². The van der Waals surface area contributed by atoms with E-state index < -0.39 is 7.12 Å². The third-order valence-corrected chi connectivity index (χ3v) is 4.28. The maximum atomic E-state index is 9.27. The highest BCUT2D eigenvalue weighted by molar-refractivity contribution is 6.58. The Morgan fingerprint density at radius 2 is 1.48 bits per heavy atom. The van der Waals surface area contributed by atoms with Gasteiger partial charge in [-0.15, -0.1) is 0 Å². The number of nitrogens with zero attached hydrogens (tertiary/aromatic N) is 1. The Balaban J connectivity index is 2.04. The Morgan fingerprint density at radius 1 is 0.783 bits per heavy atom. The molecule has 0 aliphatic carbocycles. The number of benzene rings is 3. The Hall–Kier alpha value is -2.56. The minimum absolute atomic E-state index is 0.491. The minimum atomic E-state index is -1.44. The molecular weight excluding hydrogens is 285 g/mol. The van der Waals surface area contributed by atoms with Crippen molar-refractivity contribution in [2.75, 3.05) is 0 Å². The van der Waals surface area contributed by atoms with Gasteiger partial charge in [0.1, 0.15) is 0 Å². The van der Waals surface area contributed by atoms with Crippen molar-refractivity contribution in [1.29, 1.82) is 0 Å². The molecule has 4 aromatic rings. The number of para-hydroxylation sites is 1. The van der Waals surface area contributed by atoms with E-state index in [-0.39, 0.29) is 0 Å². The first-order valence-corrected chi connectivity index (χ1v) is 7.61. The number of fused-ring (bicyclic) bond motifs is 3. The van der Waals surface area contributed by atoms with Crippen molar-refractivity contribution in [2.45, 2.75) is 6.92 Å². The summed E-state index contributed by atoms with van der Waals surface area (Å²) in [6.45, 7) is 2.10. The molecule has 0 aliphatic heterocycles. The molecule has 3 nitrogen and oxygen atoms in total. The van der Waals surface area contributed by atoms with Crippen molar-refractivity contribution >= 4 is 34.4 Å². The van der Waals surface area contributed by atoms with Crippen LogP contribution in [0.15, 0.2) is 66.7 Å². The van der Waals surface area contributed by atoms with Gasteiger partial charge in [0.15, 0.2) is 0 Å². The van der Waals surface area contributed by atoms with E-state index in [1.165, 1.54) is 16.3 Å². The van der Waals surface area contributed by atoms with Crippen molar-refractivity contribution in [3.63, 3.8) is 0 Å². The molecule has 0 unspecified atom stereocenters. The summed E-state index contributed by atoms with van der Waals surface area (Å²) >= 11 is 0. The quantitative estimate of drug-likeness (QED) is 0.559. The van der Waals surface area contributed by atoms with E-state index in [1.54, 1.807) is 12.1 Å². The van der Waals surface area contributed by atoms with E-state index in [0.29, 0.717) is 5.46 Å². The van der Waals surface area contributed by atoms with Gasteiger partial charge >= 0.3 is 7.12 Å². The van der Waals surface area contributed by atoms with Crippen LogP contribution in [0.25, 0.3) is 27.5 Å². The fourth-order valence-corrected chi connectivity index (χ4v) is 3.16. The van der Waals surface area contributed by atoms with Gasteiger partial charge in [0.05, 0.1) is 11.0 Å². The van der Waals surface area contributed by atoms with Crippen molar-refractivity contribution in [2.24, 2.45) is 0 Å². The maximum absolute atomic E-state index is 9.27. The highest BCUT2D eigenvalue weighted by atomic mass is 16.4. The van der Waals surface area contributed by atoms with Gasteiger partial charge in [-0.05, 0) is 42.7 Å². The number of hydrogen-bond acceptors (Lipinski definition) is 2. The molecule has 0 saturated carbocycles. The molecule has 0 aliphatic rings. The molecule has 0 amide bonds. The molecule has 112 valence electrons. The lowest BCUT2D eigenvalue weighted by molar-refractivity contribution is 0.426. The summed E-state index contributed by atoms with van der Waals surface area (Å²) < 4.78 is 2.21. The SMILES string of the molecule is Cc1ccc2c(c1)c1ccccc1n2-c1ccc(B(O)O)cc1. The van der Waals surface area contributed by atoms with E-state index in [0.717, 1.165) is 16.7 Å². The summed E-state index contributed by atoms with van der Waals surface area (Å²) in [5.74, 6) is 0. The highest BCUT2D eigenvalue weighted by Gasteiger charge is 2.14. The van der Waals surface area contributed by atoms with Gasteiger partial charge in [0.25, 0.3) is 0 Å². The Labute approximate surface area is 134 Å². The molecule has 1 heterocycles. The molecule has 4 rings (SSSR count). The zero-order chi connectivity index (χ0) is 16.0. The minimum Gasteiger partial charge on any atom is -0.423 e. The number of hydrogen-bond donors (Lipinski definition) is 2. The maximum Gasteiger partial charge on any atom is 0.488 e. The standard InChI is InChI=1S/C19H16BNO2/c1-13-6-11-19-17(12-13)16-4-2-3-5-18(16)21(19)15-9-7-14(8-10-15)20(22)23/h2-12,22-23H,1H3. The molecule has 4 heteroatoms. The molecule has 0 spiro atoms. The lowest BCUT2D eigenvalue weighted by Gasteiger charge is -2.09. The summed E-state index contributed by atoms with van der Waals surface area (Å²) in [4.78, 5) is 0. The van der Waals surface area contributed by atoms with Crippen LogP contribution >= 0.6 is 0 Å². The zero-order valence-corrected chi connectivity index (χ0v) is 12.8. The summed E-state index contributed by atoms with van der Waals surface area (Å²) in [7, 11) is -1.44. The van der Waals surface area contributed by atoms with Crippen molar-refractivity contribution in [3.05, 3.63) is 72.3 Å². The van der Waals surface area contributed by atoms with Gasteiger partial charge in [0.2, 0.25) is 0 Å². The van der Waals surface area contributed by atoms with Crippen LogP contribution in [0.3, 0.4) is 0 Å². The molecule has 0 radical (unpaired) electrons. The first-order chi connectivity index (χ1) is 11.1. The summed E-state index contributed by atoms with van der Waals surface area (Å²) in [5, 5.41) is 21.0. The molecule has 1 aromatic heterocycles. The number of rotatable bonds is 2. The molecule has 23 heavy (non-hydrogen) atoms. The predicted molar refractivity (Wildman–Crippen MR) is 95.3 cm³/mol. The van der Waals surface area contributed by atoms with E-state index in [4.69, 9.17) is 0 Å². The second kappa shape index (κ2) is 5.27. The topological polar surface area (TPSA) is 45.4 Å². The van der Waals surface area contributed by atoms with Crippen LogP contribution in [0.5, 0.6) is 0 Å². The second-order valence-electron chi connectivity index (χ2n) is 5.84. The molecule has 0 saturated heterocycles. The zero-order valence-electron chi connectivity index (χ0n) is 12.8. The average molecular weight is 301 g/mol. The fraction of sp³-hybridized carbons (Fsp3) is 0.0526. The van der Waals surface area contributed by atoms with Crippen LogP contribution < -0.4 is 5.46 Å². The normalized spacial score (nSPS) is 11.3. The Kier molecular flexibility index (Phi) is 3.22. The lowest BCUT2D eigenvalue weighted by atomic mass is 9.80. The number of aromatic nitrogens is 1. The number of aryl methyl sites for hydroxylation is 1. The lowest BCUT2D eigenvalue weighted by Crippen LogP contribution is -2.29. The van der Waals surface area contributed by atoms with Gasteiger partial charge in [-0.25, -0.2) is 0 Å². The molecular formula is C19H16BNO2. The Bertz CT molecular complexity index is 1000. The molecule has 0 fully saturated rings. The molecule has 0 bridgehead atoms. The van der Waals surface area contributed by atoms with E-state index >= 15 is 0 Å². The summed E-state index contributed by atoms with van der Waals surface area (Å²) in [5.41, 5.74) is 5.02. The van der Waals surface area contributed by atoms with Crippen LogP contribution in [0, 0.1) is 6.92 Å². The van der Waals surface area contributed by atoms with Crippen molar-refractivity contribution < 1.29 is 10.0 Å². The summed E-state index contributed by atoms with van der Waals surface area (Å²) in [6, 6.07) is 22.1. The smallest absolute Gasteiger partial charge is 0.423 e. The summed E-state index contributed by atoms with van der Waals surface area (Å²) in [6.07, 6.45) is 0. The van der Waals surface area contributed by atoms with Crippen LogP contribution in [0.1, 0.15) is 5.56 Å². The monoisotopic (exact) mass is 301 g/mol. The second-order valence-corrected chi connectivity index (χ2v) is 5.84. The molecule has 2 N–H and O–H groups in total. The average Bonchev–Trinajstić information content (AvgIpc) is 2.89. The van der Waals surface area contributed by atoms with Gasteiger partial charge < -0.3 is 14.6 Å². The van der Waals surface area contributed by atoms with Gasteiger partial charge in [-0.3, -0.25) is 0 Å². The highest BCUT2D eigenvalue weighted by Crippen LogP contribution is 2.32. The third kappa shape index (κ3) is 2.24. The molecule has 0 atom stereocenters. The molecule has 3 aromatic carbocycles. The van der Waals surface area contributed by atoms with Gasteiger partial charge in [-0.1, -0.05) is 42.0 Å². The first kappa shape index (κ1) is 14.1.